The smallest absolute Gasteiger partial charge is 0.0683 e. The summed E-state index contributed by atoms with van der Waals surface area (Å²) in [5, 5.41) is 0. The van der Waals surface area contributed by atoms with E-state index in [0.717, 1.165) is 23.7 Å². The van der Waals surface area contributed by atoms with E-state index in [1.165, 1.54) is 54.4 Å². The average molecular weight is 849 g/mol. The van der Waals surface area contributed by atoms with Gasteiger partial charge in [-0.1, -0.05) is 299 Å². The van der Waals surface area contributed by atoms with Crippen molar-refractivity contribution in [3.63, 3.8) is 0 Å². The molecule has 3 saturated carbocycles. The van der Waals surface area contributed by atoms with Crippen LogP contribution in [0.3, 0.4) is 0 Å². The summed E-state index contributed by atoms with van der Waals surface area (Å²) in [7, 11) is 0. The fraction of sp³-hybridized carbons (Fsp3) is 0.429. The van der Waals surface area contributed by atoms with Crippen molar-refractivity contribution in [2.45, 2.75) is 154 Å². The number of hydrogen-bond donors (Lipinski definition) is 0. The summed E-state index contributed by atoms with van der Waals surface area (Å²) in [4.78, 5) is 0. The molecule has 0 radical (unpaired) electrons. The summed E-state index contributed by atoms with van der Waals surface area (Å²) in [5.41, 5.74) is 8.21. The molecule has 3 aliphatic rings. The third kappa shape index (κ3) is 13.9. The van der Waals surface area contributed by atoms with E-state index in [4.69, 9.17) is 0 Å². The number of rotatable bonds is 6. The van der Waals surface area contributed by atoms with Crippen molar-refractivity contribution in [2.24, 2.45) is 23.7 Å². The van der Waals surface area contributed by atoms with Gasteiger partial charge in [0, 0.05) is 5.41 Å². The first-order chi connectivity index (χ1) is 31.3. The summed E-state index contributed by atoms with van der Waals surface area (Å²) in [5.74, 6) is 3.87. The SMILES string of the molecule is CC.CC.CC.CC.CC.CC.CC.CC.c1ccc(C(c2ccccc2)(c2ccccc2)c2ccccc2)cc1.c1ccc(C2(c3ccccc3)CC3CC2C2CCCC32)cc1. The molecule has 4 atom stereocenters. The van der Waals surface area contributed by atoms with E-state index >= 15 is 0 Å². The van der Waals surface area contributed by atoms with Gasteiger partial charge in [-0.2, -0.15) is 0 Å². The van der Waals surface area contributed by atoms with E-state index in [0.29, 0.717) is 5.41 Å². The van der Waals surface area contributed by atoms with Crippen molar-refractivity contribution in [2.75, 3.05) is 0 Å². The van der Waals surface area contributed by atoms with E-state index in [2.05, 4.69) is 182 Å². The fourth-order valence-corrected chi connectivity index (χ4v) is 10.2. The molecule has 63 heavy (non-hydrogen) atoms. The number of benzene rings is 6. The molecule has 0 heterocycles. The number of fused-ring (bicyclic) bond motifs is 5. The maximum Gasteiger partial charge on any atom is 0.0701 e. The first-order valence-corrected chi connectivity index (χ1v) is 25.6. The predicted octanol–water partition coefficient (Wildman–Crippen LogP) is 19.7. The molecule has 0 N–H and O–H groups in total. The van der Waals surface area contributed by atoms with Crippen molar-refractivity contribution < 1.29 is 0 Å². The lowest BCUT2D eigenvalue weighted by Gasteiger charge is -2.44. The number of hydrogen-bond acceptors (Lipinski definition) is 0. The summed E-state index contributed by atoms with van der Waals surface area (Å²) in [6, 6.07) is 65.9. The Morgan fingerprint density at radius 1 is 0.333 bits per heavy atom. The monoisotopic (exact) mass is 849 g/mol. The van der Waals surface area contributed by atoms with E-state index in [9.17, 15) is 0 Å². The van der Waals surface area contributed by atoms with E-state index < -0.39 is 0 Å². The van der Waals surface area contributed by atoms with Crippen LogP contribution in [-0.4, -0.2) is 0 Å². The molecule has 6 aromatic rings. The molecule has 0 aliphatic heterocycles. The lowest BCUT2D eigenvalue weighted by Crippen LogP contribution is -2.40. The molecule has 9 rings (SSSR count). The molecule has 344 valence electrons. The van der Waals surface area contributed by atoms with Crippen molar-refractivity contribution in [1.82, 2.24) is 0 Å². The van der Waals surface area contributed by atoms with Gasteiger partial charge in [-0.3, -0.25) is 0 Å². The highest BCUT2D eigenvalue weighted by molar-refractivity contribution is 5.59. The largest absolute Gasteiger partial charge is 0.0701 e. The Kier molecular flexibility index (Phi) is 32.2. The minimum Gasteiger partial charge on any atom is -0.0683 e. The van der Waals surface area contributed by atoms with Gasteiger partial charge in [0.1, 0.15) is 0 Å². The normalized spacial score (nSPS) is 17.3. The van der Waals surface area contributed by atoms with Gasteiger partial charge in [0.15, 0.2) is 0 Å². The predicted molar refractivity (Wildman–Crippen MR) is 286 cm³/mol. The summed E-state index contributed by atoms with van der Waals surface area (Å²) >= 11 is 0. The molecule has 0 amide bonds. The minimum absolute atomic E-state index is 0.290. The van der Waals surface area contributed by atoms with Gasteiger partial charge in [0.05, 0.1) is 5.41 Å². The zero-order chi connectivity index (χ0) is 47.5. The molecule has 6 aromatic carbocycles. The van der Waals surface area contributed by atoms with Gasteiger partial charge in [-0.15, -0.1) is 0 Å². The molecule has 0 spiro atoms. The molecule has 0 nitrogen and oxygen atoms in total. The summed E-state index contributed by atoms with van der Waals surface area (Å²) in [6.07, 6.45) is 7.31. The minimum atomic E-state index is -0.328. The summed E-state index contributed by atoms with van der Waals surface area (Å²) in [6.45, 7) is 32.0. The van der Waals surface area contributed by atoms with Crippen LogP contribution in [0.4, 0.5) is 0 Å². The second-order valence-electron chi connectivity index (χ2n) is 14.0. The van der Waals surface area contributed by atoms with Crippen LogP contribution < -0.4 is 0 Å². The van der Waals surface area contributed by atoms with Crippen molar-refractivity contribution >= 4 is 0 Å². The van der Waals surface area contributed by atoms with Crippen LogP contribution in [0.25, 0.3) is 0 Å². The van der Waals surface area contributed by atoms with Gasteiger partial charge in [-0.25, -0.2) is 0 Å². The lowest BCUT2D eigenvalue weighted by atomic mass is 9.59. The molecule has 3 fully saturated rings. The summed E-state index contributed by atoms with van der Waals surface area (Å²) < 4.78 is 0. The third-order valence-electron chi connectivity index (χ3n) is 11.9. The maximum atomic E-state index is 2.39. The standard InChI is InChI=1S/C25H20.C22H24.8C2H6/c1-5-13-21(14-6-1)25(22-15-7-2-8-16-22,23-17-9-3-10-18-23)24-19-11-4-12-20-24;1-3-8-17(9-4-1)22(18-10-5-2-6-11-18)15-16-14-21(22)20-13-7-12-19(16)20;8*1-2/h1-20H;1-6,8-11,16,19-21H,7,12-15H2;8*1-2H3. The Morgan fingerprint density at radius 2 is 0.587 bits per heavy atom. The van der Waals surface area contributed by atoms with Gasteiger partial charge in [0.25, 0.3) is 0 Å². The second-order valence-corrected chi connectivity index (χ2v) is 14.0. The van der Waals surface area contributed by atoms with Crippen LogP contribution in [0.2, 0.25) is 0 Å². The molecule has 0 aromatic heterocycles. The lowest BCUT2D eigenvalue weighted by molar-refractivity contribution is 0.181. The first kappa shape index (κ1) is 58.3. The fourth-order valence-electron chi connectivity index (χ4n) is 10.2. The van der Waals surface area contributed by atoms with Crippen LogP contribution in [0.15, 0.2) is 182 Å². The molecule has 3 aliphatic carbocycles. The topological polar surface area (TPSA) is 0 Å². The molecule has 0 saturated heterocycles. The maximum absolute atomic E-state index is 2.39. The highest BCUT2D eigenvalue weighted by atomic mass is 14.6. The van der Waals surface area contributed by atoms with Gasteiger partial charge in [0.2, 0.25) is 0 Å². The molecular weight excluding hydrogens is 757 g/mol. The Balaban J connectivity index is 0.000000931. The highest BCUT2D eigenvalue weighted by Gasteiger charge is 2.61. The van der Waals surface area contributed by atoms with Crippen molar-refractivity contribution in [3.05, 3.63) is 215 Å². The molecule has 4 unspecified atom stereocenters. The highest BCUT2D eigenvalue weighted by Crippen LogP contribution is 2.68. The van der Waals surface area contributed by atoms with Gasteiger partial charge < -0.3 is 0 Å². The van der Waals surface area contributed by atoms with Crippen molar-refractivity contribution in [1.29, 1.82) is 0 Å². The first-order valence-electron chi connectivity index (χ1n) is 25.6. The quantitative estimate of drug-likeness (QED) is 0.147. The zero-order valence-electron chi connectivity index (χ0n) is 43.2. The van der Waals surface area contributed by atoms with E-state index in [-0.39, 0.29) is 5.41 Å². The third-order valence-corrected chi connectivity index (χ3v) is 11.9. The van der Waals surface area contributed by atoms with E-state index in [1.54, 1.807) is 11.1 Å². The van der Waals surface area contributed by atoms with Gasteiger partial charge >= 0.3 is 0 Å². The Bertz CT molecular complexity index is 1640. The van der Waals surface area contributed by atoms with Crippen LogP contribution >= 0.6 is 0 Å². The van der Waals surface area contributed by atoms with Crippen LogP contribution in [0, 0.1) is 23.7 Å². The molecule has 0 heteroatoms. The van der Waals surface area contributed by atoms with E-state index in [1.807, 2.05) is 111 Å². The Labute approximate surface area is 391 Å². The van der Waals surface area contributed by atoms with Crippen LogP contribution in [0.1, 0.15) is 176 Å². The Morgan fingerprint density at radius 3 is 0.873 bits per heavy atom. The average Bonchev–Trinajstić information content (AvgIpc) is 4.17. The molecular formula is C63H92. The zero-order valence-corrected chi connectivity index (χ0v) is 43.2. The van der Waals surface area contributed by atoms with Crippen molar-refractivity contribution in [3.8, 4) is 0 Å². The van der Waals surface area contributed by atoms with Crippen LogP contribution in [-0.2, 0) is 10.8 Å². The van der Waals surface area contributed by atoms with Gasteiger partial charge in [-0.05, 0) is 82.7 Å². The Hall–Kier alpha value is -4.68. The second kappa shape index (κ2) is 34.8. The molecule has 2 bridgehead atoms. The van der Waals surface area contributed by atoms with Crippen LogP contribution in [0.5, 0.6) is 0 Å².